The van der Waals surface area contributed by atoms with Crippen molar-refractivity contribution >= 4 is 44.7 Å². The Morgan fingerprint density at radius 2 is 1.56 bits per heavy atom. The number of esters is 1. The Morgan fingerprint density at radius 3 is 2.06 bits per heavy atom. The molecule has 0 aliphatic rings. The van der Waals surface area contributed by atoms with E-state index in [1.807, 2.05) is 0 Å². The minimum absolute atomic E-state index is 0.0423. The third-order valence-corrected chi connectivity index (χ3v) is 10.1. The van der Waals surface area contributed by atoms with E-state index in [9.17, 15) is 19.2 Å². The summed E-state index contributed by atoms with van der Waals surface area (Å²) in [4.78, 5) is 47.6. The Balaban J connectivity index is 5.30. The molecular weight excluding hydrogens is 452 g/mol. The summed E-state index contributed by atoms with van der Waals surface area (Å²) < 4.78 is 11.7. The van der Waals surface area contributed by atoms with Gasteiger partial charge in [-0.3, -0.25) is 19.2 Å². The number of carbonyl (C=O) groups is 4. The number of carbonyl (C=O) groups excluding carboxylic acids is 3. The monoisotopic (exact) mass is 492 g/mol. The fourth-order valence-electron chi connectivity index (χ4n) is 2.30. The normalized spacial score (nSPS) is 13.2. The van der Waals surface area contributed by atoms with Gasteiger partial charge in [-0.25, -0.2) is 0 Å². The van der Waals surface area contributed by atoms with E-state index in [2.05, 4.69) is 57.1 Å². The van der Waals surface area contributed by atoms with Crippen LogP contribution in [0, 0.1) is 5.41 Å². The molecule has 1 atom stereocenters. The average Bonchev–Trinajstić information content (AvgIpc) is 2.66. The molecule has 0 aromatic heterocycles. The molecule has 9 nitrogen and oxygen atoms in total. The van der Waals surface area contributed by atoms with Crippen molar-refractivity contribution in [3.63, 3.8) is 0 Å². The number of amides is 2. The summed E-state index contributed by atoms with van der Waals surface area (Å²) in [6.45, 7) is 14.7. The van der Waals surface area contributed by atoms with Crippen LogP contribution in [0.1, 0.15) is 53.9 Å². The van der Waals surface area contributed by atoms with Crippen molar-refractivity contribution < 1.29 is 33.4 Å². The highest BCUT2D eigenvalue weighted by atomic mass is 32.1. The minimum atomic E-state index is -2.13. The van der Waals surface area contributed by atoms with E-state index in [0.29, 0.717) is 12.3 Å². The van der Waals surface area contributed by atoms with Crippen LogP contribution in [0.4, 0.5) is 0 Å². The number of hydrogen-bond acceptors (Lipinski definition) is 7. The van der Waals surface area contributed by atoms with Gasteiger partial charge in [-0.05, 0) is 18.1 Å². The van der Waals surface area contributed by atoms with E-state index >= 15 is 0 Å². The predicted molar refractivity (Wildman–Crippen MR) is 128 cm³/mol. The third kappa shape index (κ3) is 11.3. The van der Waals surface area contributed by atoms with Crippen molar-refractivity contribution in [2.24, 2.45) is 5.41 Å². The summed E-state index contributed by atoms with van der Waals surface area (Å²) in [5.41, 5.74) is -0.882. The fraction of sp³-hybridized carbons (Fsp3) is 0.810. The molecule has 0 saturated carbocycles. The Labute approximate surface area is 197 Å². The number of carboxylic acid groups (broad SMARTS) is 1. The van der Waals surface area contributed by atoms with Crippen LogP contribution >= 0.6 is 12.6 Å². The van der Waals surface area contributed by atoms with Crippen molar-refractivity contribution in [1.29, 1.82) is 0 Å². The molecule has 0 bridgehead atoms. The lowest BCUT2D eigenvalue weighted by Gasteiger charge is -2.40. The van der Waals surface area contributed by atoms with E-state index in [1.54, 1.807) is 13.8 Å². The Hall–Kier alpha value is -1.59. The highest BCUT2D eigenvalue weighted by Crippen LogP contribution is 2.38. The molecule has 0 aromatic carbocycles. The average molecular weight is 493 g/mol. The van der Waals surface area contributed by atoms with Crippen LogP contribution in [-0.4, -0.2) is 68.7 Å². The fourth-order valence-corrected chi connectivity index (χ4v) is 3.58. The number of ether oxygens (including phenoxy) is 1. The van der Waals surface area contributed by atoms with Crippen LogP contribution in [0.15, 0.2) is 0 Å². The first-order valence-corrected chi connectivity index (χ1v) is 14.3. The molecule has 0 saturated heterocycles. The zero-order valence-electron chi connectivity index (χ0n) is 20.4. The quantitative estimate of drug-likeness (QED) is 0.166. The summed E-state index contributed by atoms with van der Waals surface area (Å²) in [6.07, 6.45) is -1.86. The van der Waals surface area contributed by atoms with Crippen molar-refractivity contribution in [3.8, 4) is 0 Å². The predicted octanol–water partition coefficient (Wildman–Crippen LogP) is 2.36. The number of nitrogens with one attached hydrogen (secondary N) is 2. The van der Waals surface area contributed by atoms with Gasteiger partial charge in [0.2, 0.25) is 5.91 Å². The van der Waals surface area contributed by atoms with E-state index in [-0.39, 0.29) is 43.4 Å². The summed E-state index contributed by atoms with van der Waals surface area (Å²) in [7, 11) is -2.13. The molecule has 0 aliphatic carbocycles. The molecule has 0 aromatic rings. The second-order valence-electron chi connectivity index (χ2n) is 9.92. The van der Waals surface area contributed by atoms with Crippen molar-refractivity contribution in [2.45, 2.75) is 78.1 Å². The number of carboxylic acids is 1. The SMILES string of the molecule is CC(C)(CO[Si](C)(C)C(C)(C)C)[C@@H](OC(=O)CCC(=O)O)C(=O)NCCC(=O)NCCS. The summed E-state index contributed by atoms with van der Waals surface area (Å²) in [6, 6.07) is 0. The largest absolute Gasteiger partial charge is 0.481 e. The van der Waals surface area contributed by atoms with Gasteiger partial charge in [0.25, 0.3) is 5.91 Å². The maximum absolute atomic E-state index is 12.9. The van der Waals surface area contributed by atoms with Crippen molar-refractivity contribution in [3.05, 3.63) is 0 Å². The topological polar surface area (TPSA) is 131 Å². The van der Waals surface area contributed by atoms with Crippen LogP contribution in [-0.2, 0) is 28.3 Å². The van der Waals surface area contributed by atoms with Crippen LogP contribution in [0.2, 0.25) is 18.1 Å². The van der Waals surface area contributed by atoms with Gasteiger partial charge in [-0.1, -0.05) is 34.6 Å². The molecule has 0 rings (SSSR count). The second-order valence-corrected chi connectivity index (χ2v) is 15.2. The maximum atomic E-state index is 12.9. The Bertz CT molecular complexity index is 663. The highest BCUT2D eigenvalue weighted by Gasteiger charge is 2.43. The van der Waals surface area contributed by atoms with Gasteiger partial charge in [0.1, 0.15) is 0 Å². The molecular formula is C21H40N2O7SSi. The first-order valence-electron chi connectivity index (χ1n) is 10.7. The van der Waals surface area contributed by atoms with Crippen molar-refractivity contribution in [1.82, 2.24) is 10.6 Å². The molecule has 0 fully saturated rings. The summed E-state index contributed by atoms with van der Waals surface area (Å²) in [5.74, 6) is -2.18. The lowest BCUT2D eigenvalue weighted by atomic mass is 9.86. The summed E-state index contributed by atoms with van der Waals surface area (Å²) in [5, 5.41) is 14.0. The second kappa shape index (κ2) is 13.2. The molecule has 0 radical (unpaired) electrons. The minimum Gasteiger partial charge on any atom is -0.481 e. The van der Waals surface area contributed by atoms with Crippen molar-refractivity contribution in [2.75, 3.05) is 25.4 Å². The molecule has 0 aliphatic heterocycles. The van der Waals surface area contributed by atoms with E-state index in [4.69, 9.17) is 14.3 Å². The van der Waals surface area contributed by atoms with Crippen LogP contribution in [0.3, 0.4) is 0 Å². The van der Waals surface area contributed by atoms with Gasteiger partial charge in [-0.2, -0.15) is 12.6 Å². The van der Waals surface area contributed by atoms with Gasteiger partial charge in [-0.15, -0.1) is 0 Å². The molecule has 0 unspecified atom stereocenters. The number of rotatable bonds is 14. The summed E-state index contributed by atoms with van der Waals surface area (Å²) >= 11 is 4.02. The van der Waals surface area contributed by atoms with Gasteiger partial charge < -0.3 is 24.9 Å². The number of thiol groups is 1. The van der Waals surface area contributed by atoms with Gasteiger partial charge in [0.05, 0.1) is 12.8 Å². The van der Waals surface area contributed by atoms with Gasteiger partial charge in [0.15, 0.2) is 14.4 Å². The van der Waals surface area contributed by atoms with Crippen LogP contribution in [0.25, 0.3) is 0 Å². The molecule has 32 heavy (non-hydrogen) atoms. The number of hydrogen-bond donors (Lipinski definition) is 4. The van der Waals surface area contributed by atoms with E-state index < -0.39 is 37.7 Å². The van der Waals surface area contributed by atoms with Gasteiger partial charge in [0, 0.05) is 37.3 Å². The van der Waals surface area contributed by atoms with Crippen LogP contribution < -0.4 is 10.6 Å². The first-order chi connectivity index (χ1) is 14.5. The third-order valence-electron chi connectivity index (χ3n) is 5.44. The molecule has 3 N–H and O–H groups in total. The smallest absolute Gasteiger partial charge is 0.307 e. The zero-order chi connectivity index (χ0) is 25.2. The first kappa shape index (κ1) is 30.4. The Kier molecular flexibility index (Phi) is 12.5. The van der Waals surface area contributed by atoms with Gasteiger partial charge >= 0.3 is 11.9 Å². The molecule has 11 heteroatoms. The van der Waals surface area contributed by atoms with E-state index in [1.165, 1.54) is 0 Å². The molecule has 2 amide bonds. The molecule has 0 heterocycles. The standard InChI is InChI=1S/C21H40N2O7SSi/c1-20(2,3)32(6,7)29-14-21(4,5)18(30-17(27)9-8-16(25)26)19(28)23-11-10-15(24)22-12-13-31/h18,31H,8-14H2,1-7H3,(H,22,24)(H,23,28)(H,25,26)/t18-/m0/s1. The molecule has 0 spiro atoms. The maximum Gasteiger partial charge on any atom is 0.307 e. The Morgan fingerprint density at radius 1 is 0.969 bits per heavy atom. The molecule has 186 valence electrons. The van der Waals surface area contributed by atoms with Crippen LogP contribution in [0.5, 0.6) is 0 Å². The van der Waals surface area contributed by atoms with E-state index in [0.717, 1.165) is 0 Å². The number of aliphatic carboxylic acids is 1. The zero-order valence-corrected chi connectivity index (χ0v) is 22.3. The lowest BCUT2D eigenvalue weighted by molar-refractivity contribution is -0.165. The highest BCUT2D eigenvalue weighted by molar-refractivity contribution is 7.80. The lowest BCUT2D eigenvalue weighted by Crippen LogP contribution is -2.51.